The van der Waals surface area contributed by atoms with Gasteiger partial charge in [0.15, 0.2) is 5.13 Å². The summed E-state index contributed by atoms with van der Waals surface area (Å²) in [5.74, 6) is -1.66. The molecule has 8 nitrogen and oxygen atoms in total. The summed E-state index contributed by atoms with van der Waals surface area (Å²) in [5.41, 5.74) is 0.551. The Hall–Kier alpha value is -2.24. The number of carbonyl (C=O) groups is 1. The molecule has 11 heteroatoms. The van der Waals surface area contributed by atoms with Gasteiger partial charge in [0.05, 0.1) is 10.8 Å². The highest BCUT2D eigenvalue weighted by Crippen LogP contribution is 2.33. The largest absolute Gasteiger partial charge is 0.481 e. The van der Waals surface area contributed by atoms with Crippen molar-refractivity contribution in [3.63, 3.8) is 0 Å². The molecule has 1 atom stereocenters. The molecule has 0 saturated carbocycles. The molecule has 0 fully saturated rings. The van der Waals surface area contributed by atoms with Crippen LogP contribution in [0.15, 0.2) is 39.4 Å². The lowest BCUT2D eigenvalue weighted by atomic mass is 10.1. The zero-order chi connectivity index (χ0) is 18.0. The fourth-order valence-electron chi connectivity index (χ4n) is 2.10. The summed E-state index contributed by atoms with van der Waals surface area (Å²) < 4.78 is 32.2. The van der Waals surface area contributed by atoms with E-state index in [-0.39, 0.29) is 9.34 Å². The molecule has 0 aliphatic carbocycles. The number of carboxylic acid groups (broad SMARTS) is 1. The summed E-state index contributed by atoms with van der Waals surface area (Å²) in [6.45, 7) is 1.75. The lowest BCUT2D eigenvalue weighted by Crippen LogP contribution is -2.11. The van der Waals surface area contributed by atoms with Gasteiger partial charge in [-0.15, -0.1) is 22.7 Å². The van der Waals surface area contributed by atoms with Crippen LogP contribution >= 0.6 is 22.7 Å². The minimum absolute atomic E-state index is 0.104. The van der Waals surface area contributed by atoms with Crippen molar-refractivity contribution in [1.29, 1.82) is 0 Å². The topological polar surface area (TPSA) is 122 Å². The molecular formula is C14H13N3O5S3. The standard InChI is InChI=1S/C14H13N3O5S3/c1-2-8(13(18)19)11-7-15-14(24-11)17-25(20,21)12-4-3-10(23-12)9-5-6-22-16-9/h3-8H,2H2,1H3,(H,15,17)(H,18,19). The molecular weight excluding hydrogens is 386 g/mol. The molecule has 0 saturated heterocycles. The highest BCUT2D eigenvalue weighted by Gasteiger charge is 2.23. The van der Waals surface area contributed by atoms with Crippen LogP contribution in [-0.2, 0) is 14.8 Å². The van der Waals surface area contributed by atoms with Crippen LogP contribution in [0.1, 0.15) is 24.1 Å². The second kappa shape index (κ2) is 6.94. The third-order valence-electron chi connectivity index (χ3n) is 3.33. The number of nitrogens with zero attached hydrogens (tertiary/aromatic N) is 2. The maximum absolute atomic E-state index is 12.5. The number of hydrogen-bond acceptors (Lipinski definition) is 8. The molecule has 0 radical (unpaired) electrons. The minimum atomic E-state index is -3.81. The molecule has 1 unspecified atom stereocenters. The first-order valence-corrected chi connectivity index (χ1v) is 10.2. The maximum Gasteiger partial charge on any atom is 0.311 e. The molecule has 0 aliphatic heterocycles. The Labute approximate surface area is 151 Å². The lowest BCUT2D eigenvalue weighted by Gasteiger charge is -2.05. The number of aliphatic carboxylic acids is 1. The van der Waals surface area contributed by atoms with Crippen LogP contribution in [0, 0.1) is 0 Å². The van der Waals surface area contributed by atoms with Gasteiger partial charge in [-0.1, -0.05) is 12.1 Å². The Bertz CT molecular complexity index is 975. The first-order valence-electron chi connectivity index (χ1n) is 7.12. The van der Waals surface area contributed by atoms with E-state index in [0.29, 0.717) is 21.9 Å². The normalized spacial score (nSPS) is 12.8. The smallest absolute Gasteiger partial charge is 0.311 e. The van der Waals surface area contributed by atoms with E-state index in [1.54, 1.807) is 19.1 Å². The Kier molecular flexibility index (Phi) is 4.88. The van der Waals surface area contributed by atoms with E-state index in [9.17, 15) is 13.2 Å². The van der Waals surface area contributed by atoms with E-state index in [4.69, 9.17) is 9.63 Å². The quantitative estimate of drug-likeness (QED) is 0.625. The van der Waals surface area contributed by atoms with Crippen LogP contribution < -0.4 is 4.72 Å². The fourth-order valence-corrected chi connectivity index (χ4v) is 5.60. The number of aromatic nitrogens is 2. The third-order valence-corrected chi connectivity index (χ3v) is 7.43. The number of nitrogens with one attached hydrogen (secondary N) is 1. The molecule has 3 aromatic heterocycles. The predicted molar refractivity (Wildman–Crippen MR) is 93.4 cm³/mol. The zero-order valence-corrected chi connectivity index (χ0v) is 15.3. The SMILES string of the molecule is CCC(C(=O)O)c1cnc(NS(=O)(=O)c2ccc(-c3ccon3)s2)s1. The van der Waals surface area contributed by atoms with Crippen molar-refractivity contribution >= 4 is 43.8 Å². The van der Waals surface area contributed by atoms with Gasteiger partial charge in [0.2, 0.25) is 0 Å². The molecule has 25 heavy (non-hydrogen) atoms. The lowest BCUT2D eigenvalue weighted by molar-refractivity contribution is -0.138. The van der Waals surface area contributed by atoms with Crippen molar-refractivity contribution < 1.29 is 22.8 Å². The average molecular weight is 399 g/mol. The number of thiazole rings is 1. The number of carboxylic acids is 1. The van der Waals surface area contributed by atoms with Crippen LogP contribution in [0.2, 0.25) is 0 Å². The van der Waals surface area contributed by atoms with Crippen LogP contribution in [-0.4, -0.2) is 29.6 Å². The van der Waals surface area contributed by atoms with Crippen molar-refractivity contribution in [3.8, 4) is 10.6 Å². The van der Waals surface area contributed by atoms with Crippen molar-refractivity contribution in [3.05, 3.63) is 35.5 Å². The summed E-state index contributed by atoms with van der Waals surface area (Å²) in [5, 5.41) is 13.1. The van der Waals surface area contributed by atoms with Gasteiger partial charge in [-0.3, -0.25) is 9.52 Å². The molecule has 2 N–H and O–H groups in total. The molecule has 0 amide bonds. The summed E-state index contributed by atoms with van der Waals surface area (Å²) >= 11 is 2.06. The van der Waals surface area contributed by atoms with Crippen molar-refractivity contribution in [2.45, 2.75) is 23.5 Å². The molecule has 0 aromatic carbocycles. The van der Waals surface area contributed by atoms with Crippen molar-refractivity contribution in [1.82, 2.24) is 10.1 Å². The van der Waals surface area contributed by atoms with E-state index in [1.807, 2.05) is 0 Å². The molecule has 0 spiro atoms. The molecule has 3 aromatic rings. The summed E-state index contributed by atoms with van der Waals surface area (Å²) in [7, 11) is -3.81. The average Bonchev–Trinajstić information content (AvgIpc) is 3.28. The predicted octanol–water partition coefficient (Wildman–Crippen LogP) is 3.24. The van der Waals surface area contributed by atoms with Crippen molar-refractivity contribution in [2.24, 2.45) is 0 Å². The van der Waals surface area contributed by atoms with Gasteiger partial charge >= 0.3 is 5.97 Å². The monoisotopic (exact) mass is 399 g/mol. The van der Waals surface area contributed by atoms with Crippen LogP contribution in [0.25, 0.3) is 10.6 Å². The molecule has 3 rings (SSSR count). The van der Waals surface area contributed by atoms with E-state index in [2.05, 4.69) is 14.9 Å². The molecule has 0 aliphatic rings. The van der Waals surface area contributed by atoms with Gasteiger partial charge in [-0.05, 0) is 18.6 Å². The van der Waals surface area contributed by atoms with E-state index in [1.165, 1.54) is 18.5 Å². The summed E-state index contributed by atoms with van der Waals surface area (Å²) in [4.78, 5) is 16.3. The summed E-state index contributed by atoms with van der Waals surface area (Å²) in [6, 6.07) is 4.75. The van der Waals surface area contributed by atoms with Gasteiger partial charge in [-0.25, -0.2) is 13.4 Å². The van der Waals surface area contributed by atoms with Crippen LogP contribution in [0.3, 0.4) is 0 Å². The number of thiophene rings is 1. The van der Waals surface area contributed by atoms with Crippen molar-refractivity contribution in [2.75, 3.05) is 4.72 Å². The third kappa shape index (κ3) is 3.72. The fraction of sp³-hybridized carbons (Fsp3) is 0.214. The first kappa shape index (κ1) is 17.6. The number of hydrogen-bond donors (Lipinski definition) is 2. The number of sulfonamides is 1. The van der Waals surface area contributed by atoms with Gasteiger partial charge in [-0.2, -0.15) is 0 Å². The minimum Gasteiger partial charge on any atom is -0.481 e. The second-order valence-electron chi connectivity index (χ2n) is 4.98. The number of rotatable bonds is 7. The van der Waals surface area contributed by atoms with E-state index < -0.39 is 21.9 Å². The van der Waals surface area contributed by atoms with E-state index >= 15 is 0 Å². The maximum atomic E-state index is 12.5. The second-order valence-corrected chi connectivity index (χ2v) is 9.03. The Balaban J connectivity index is 1.80. The van der Waals surface area contributed by atoms with E-state index in [0.717, 1.165) is 22.7 Å². The van der Waals surface area contributed by atoms with Crippen LogP contribution in [0.5, 0.6) is 0 Å². The van der Waals surface area contributed by atoms with Gasteiger partial charge in [0.1, 0.15) is 16.2 Å². The summed E-state index contributed by atoms with van der Waals surface area (Å²) in [6.07, 6.45) is 3.20. The van der Waals surface area contributed by atoms with Gasteiger partial charge < -0.3 is 9.63 Å². The molecule has 0 bridgehead atoms. The highest BCUT2D eigenvalue weighted by molar-refractivity contribution is 7.95. The Morgan fingerprint density at radius 2 is 2.16 bits per heavy atom. The van der Waals surface area contributed by atoms with Crippen LogP contribution in [0.4, 0.5) is 5.13 Å². The molecule has 3 heterocycles. The van der Waals surface area contributed by atoms with Gasteiger partial charge in [0, 0.05) is 17.1 Å². The highest BCUT2D eigenvalue weighted by atomic mass is 32.2. The zero-order valence-electron chi connectivity index (χ0n) is 12.9. The Morgan fingerprint density at radius 3 is 2.80 bits per heavy atom. The first-order chi connectivity index (χ1) is 11.9. The Morgan fingerprint density at radius 1 is 1.36 bits per heavy atom. The van der Waals surface area contributed by atoms with Gasteiger partial charge in [0.25, 0.3) is 10.0 Å². The number of anilines is 1. The molecule has 132 valence electrons.